The summed E-state index contributed by atoms with van der Waals surface area (Å²) >= 11 is 1.82. The Morgan fingerprint density at radius 1 is 1.43 bits per heavy atom. The van der Waals surface area contributed by atoms with Crippen LogP contribution >= 0.6 is 11.3 Å². The number of hydrogen-bond acceptors (Lipinski definition) is 3. The average Bonchev–Trinajstić information content (AvgIpc) is 2.47. The molecule has 3 heteroatoms. The highest BCUT2D eigenvalue weighted by atomic mass is 32.1. The van der Waals surface area contributed by atoms with Crippen LogP contribution in [-0.2, 0) is 6.54 Å². The van der Waals surface area contributed by atoms with Crippen molar-refractivity contribution in [1.29, 1.82) is 0 Å². The van der Waals surface area contributed by atoms with E-state index in [4.69, 9.17) is 0 Å². The van der Waals surface area contributed by atoms with Crippen LogP contribution in [-0.4, -0.2) is 17.3 Å². The van der Waals surface area contributed by atoms with Gasteiger partial charge in [0.1, 0.15) is 0 Å². The second kappa shape index (κ2) is 5.49. The number of aliphatic hydroxyl groups is 1. The summed E-state index contributed by atoms with van der Waals surface area (Å²) in [5.41, 5.74) is 0. The van der Waals surface area contributed by atoms with Crippen molar-refractivity contribution < 1.29 is 5.11 Å². The predicted molar refractivity (Wildman–Crippen MR) is 61.7 cm³/mol. The van der Waals surface area contributed by atoms with Gasteiger partial charge in [0, 0.05) is 22.3 Å². The van der Waals surface area contributed by atoms with Crippen molar-refractivity contribution in [3.63, 3.8) is 0 Å². The molecule has 1 aromatic heterocycles. The molecular formula is C11H19NOS. The third-order valence-corrected chi connectivity index (χ3v) is 3.12. The molecule has 2 unspecified atom stereocenters. The number of hydrogen-bond donors (Lipinski definition) is 2. The molecule has 2 N–H and O–H groups in total. The van der Waals surface area contributed by atoms with Crippen LogP contribution in [0.5, 0.6) is 0 Å². The Labute approximate surface area is 90.0 Å². The molecule has 1 heterocycles. The minimum absolute atomic E-state index is 0.220. The van der Waals surface area contributed by atoms with Crippen LogP contribution in [0.15, 0.2) is 12.1 Å². The smallest absolute Gasteiger partial charge is 0.0526 e. The molecule has 0 aromatic carbocycles. The highest BCUT2D eigenvalue weighted by Gasteiger charge is 2.05. The van der Waals surface area contributed by atoms with Gasteiger partial charge in [-0.3, -0.25) is 0 Å². The van der Waals surface area contributed by atoms with Gasteiger partial charge in [0.05, 0.1) is 6.10 Å². The predicted octanol–water partition coefficient (Wildman–Crippen LogP) is 2.31. The normalized spacial score (nSPS) is 15.4. The summed E-state index contributed by atoms with van der Waals surface area (Å²) in [5, 5.41) is 12.6. The molecule has 0 radical (unpaired) electrons. The number of aliphatic hydroxyl groups excluding tert-OH is 1. The maximum Gasteiger partial charge on any atom is 0.0526 e. The number of nitrogens with one attached hydrogen (secondary N) is 1. The van der Waals surface area contributed by atoms with Crippen molar-refractivity contribution in [2.75, 3.05) is 0 Å². The number of aryl methyl sites for hydroxylation is 1. The average molecular weight is 213 g/mol. The zero-order valence-corrected chi connectivity index (χ0v) is 9.90. The molecule has 0 aliphatic carbocycles. The van der Waals surface area contributed by atoms with E-state index in [1.165, 1.54) is 9.75 Å². The molecule has 0 aliphatic rings. The van der Waals surface area contributed by atoms with Crippen molar-refractivity contribution in [3.8, 4) is 0 Å². The van der Waals surface area contributed by atoms with E-state index in [-0.39, 0.29) is 6.10 Å². The van der Waals surface area contributed by atoms with Gasteiger partial charge in [-0.1, -0.05) is 0 Å². The van der Waals surface area contributed by atoms with Crippen LogP contribution in [0.4, 0.5) is 0 Å². The Morgan fingerprint density at radius 2 is 2.14 bits per heavy atom. The minimum atomic E-state index is -0.220. The second-order valence-corrected chi connectivity index (χ2v) is 5.25. The lowest BCUT2D eigenvalue weighted by molar-refractivity contribution is 0.170. The van der Waals surface area contributed by atoms with Crippen LogP contribution in [0.25, 0.3) is 0 Å². The van der Waals surface area contributed by atoms with Gasteiger partial charge in [0.2, 0.25) is 0 Å². The summed E-state index contributed by atoms with van der Waals surface area (Å²) in [5.74, 6) is 0. The summed E-state index contributed by atoms with van der Waals surface area (Å²) < 4.78 is 0. The third-order valence-electron chi connectivity index (χ3n) is 2.12. The topological polar surface area (TPSA) is 32.3 Å². The molecule has 14 heavy (non-hydrogen) atoms. The first kappa shape index (κ1) is 11.7. The molecule has 0 aliphatic heterocycles. The van der Waals surface area contributed by atoms with E-state index in [2.05, 4.69) is 31.3 Å². The van der Waals surface area contributed by atoms with Crippen LogP contribution in [0.2, 0.25) is 0 Å². The molecule has 0 saturated heterocycles. The summed E-state index contributed by atoms with van der Waals surface area (Å²) in [6.07, 6.45) is 0.590. The summed E-state index contributed by atoms with van der Waals surface area (Å²) in [6.45, 7) is 6.96. The quantitative estimate of drug-likeness (QED) is 0.786. The van der Waals surface area contributed by atoms with Gasteiger partial charge in [0.15, 0.2) is 0 Å². The van der Waals surface area contributed by atoms with Gasteiger partial charge in [-0.25, -0.2) is 0 Å². The fourth-order valence-electron chi connectivity index (χ4n) is 1.45. The molecule has 0 spiro atoms. The minimum Gasteiger partial charge on any atom is -0.393 e. The Morgan fingerprint density at radius 3 is 2.64 bits per heavy atom. The molecular weight excluding hydrogens is 194 g/mol. The van der Waals surface area contributed by atoms with Crippen LogP contribution in [0.1, 0.15) is 30.0 Å². The first-order valence-corrected chi connectivity index (χ1v) is 5.86. The Bertz CT molecular complexity index is 270. The standard InChI is InChI=1S/C11H19NOS/c1-8(6-9(2)13)12-7-11-5-4-10(3)14-11/h4-5,8-9,12-13H,6-7H2,1-3H3. The van der Waals surface area contributed by atoms with E-state index >= 15 is 0 Å². The molecule has 0 bridgehead atoms. The van der Waals surface area contributed by atoms with E-state index in [0.717, 1.165) is 13.0 Å². The number of thiophene rings is 1. The van der Waals surface area contributed by atoms with Crippen molar-refractivity contribution in [2.24, 2.45) is 0 Å². The molecule has 2 nitrogen and oxygen atoms in total. The summed E-state index contributed by atoms with van der Waals surface area (Å²) in [6, 6.07) is 4.67. The van der Waals surface area contributed by atoms with Gasteiger partial charge in [0.25, 0.3) is 0 Å². The van der Waals surface area contributed by atoms with Crippen molar-refractivity contribution in [1.82, 2.24) is 5.32 Å². The fraction of sp³-hybridized carbons (Fsp3) is 0.636. The van der Waals surface area contributed by atoms with E-state index in [9.17, 15) is 5.11 Å². The lowest BCUT2D eigenvalue weighted by atomic mass is 10.1. The van der Waals surface area contributed by atoms with Crippen molar-refractivity contribution in [3.05, 3.63) is 21.9 Å². The fourth-order valence-corrected chi connectivity index (χ4v) is 2.29. The Kier molecular flexibility index (Phi) is 4.58. The lowest BCUT2D eigenvalue weighted by Crippen LogP contribution is -2.28. The Hall–Kier alpha value is -0.380. The highest BCUT2D eigenvalue weighted by Crippen LogP contribution is 2.14. The van der Waals surface area contributed by atoms with Gasteiger partial charge < -0.3 is 10.4 Å². The van der Waals surface area contributed by atoms with E-state index in [1.54, 1.807) is 0 Å². The van der Waals surface area contributed by atoms with E-state index in [0.29, 0.717) is 6.04 Å². The molecule has 80 valence electrons. The summed E-state index contributed by atoms with van der Waals surface area (Å²) in [4.78, 5) is 2.71. The molecule has 1 aromatic rings. The van der Waals surface area contributed by atoms with Gasteiger partial charge >= 0.3 is 0 Å². The maximum atomic E-state index is 9.19. The van der Waals surface area contributed by atoms with Gasteiger partial charge in [-0.05, 0) is 39.3 Å². The van der Waals surface area contributed by atoms with Crippen LogP contribution in [0.3, 0.4) is 0 Å². The maximum absolute atomic E-state index is 9.19. The van der Waals surface area contributed by atoms with Gasteiger partial charge in [-0.2, -0.15) is 0 Å². The first-order chi connectivity index (χ1) is 6.58. The number of rotatable bonds is 5. The zero-order valence-electron chi connectivity index (χ0n) is 9.08. The molecule has 2 atom stereocenters. The van der Waals surface area contributed by atoms with E-state index in [1.807, 2.05) is 18.3 Å². The van der Waals surface area contributed by atoms with Crippen LogP contribution in [0, 0.1) is 6.92 Å². The molecule has 1 rings (SSSR count). The summed E-state index contributed by atoms with van der Waals surface area (Å²) in [7, 11) is 0. The Balaban J connectivity index is 2.26. The van der Waals surface area contributed by atoms with Gasteiger partial charge in [-0.15, -0.1) is 11.3 Å². The third kappa shape index (κ3) is 4.22. The highest BCUT2D eigenvalue weighted by molar-refractivity contribution is 7.11. The van der Waals surface area contributed by atoms with Crippen molar-refractivity contribution in [2.45, 2.75) is 45.9 Å². The molecule has 0 saturated carbocycles. The van der Waals surface area contributed by atoms with Crippen molar-refractivity contribution >= 4 is 11.3 Å². The monoisotopic (exact) mass is 213 g/mol. The largest absolute Gasteiger partial charge is 0.393 e. The van der Waals surface area contributed by atoms with Crippen LogP contribution < -0.4 is 5.32 Å². The zero-order chi connectivity index (χ0) is 10.6. The SMILES string of the molecule is Cc1ccc(CNC(C)CC(C)O)s1. The second-order valence-electron chi connectivity index (χ2n) is 3.88. The first-order valence-electron chi connectivity index (χ1n) is 5.04. The van der Waals surface area contributed by atoms with E-state index < -0.39 is 0 Å². The lowest BCUT2D eigenvalue weighted by Gasteiger charge is -2.14. The molecule has 0 fully saturated rings. The molecule has 0 amide bonds.